The van der Waals surface area contributed by atoms with Gasteiger partial charge in [0.1, 0.15) is 12.4 Å². The summed E-state index contributed by atoms with van der Waals surface area (Å²) in [6.07, 6.45) is -2.12. The predicted molar refractivity (Wildman–Crippen MR) is 139 cm³/mol. The molecule has 0 N–H and O–H groups in total. The van der Waals surface area contributed by atoms with Crippen LogP contribution in [0, 0.1) is 5.92 Å². The van der Waals surface area contributed by atoms with Crippen LogP contribution in [0.4, 0.5) is 18.0 Å². The summed E-state index contributed by atoms with van der Waals surface area (Å²) < 4.78 is 48.8. The molecule has 8 heteroatoms. The normalized spacial score (nSPS) is 22.1. The summed E-state index contributed by atoms with van der Waals surface area (Å²) in [6.45, 7) is 0.216. The Morgan fingerprint density at radius 3 is 2.00 bits per heavy atom. The molecule has 3 aliphatic rings. The van der Waals surface area contributed by atoms with Crippen molar-refractivity contribution in [2.45, 2.75) is 56.5 Å². The van der Waals surface area contributed by atoms with Crippen molar-refractivity contribution >= 4 is 11.9 Å². The summed E-state index contributed by atoms with van der Waals surface area (Å²) in [5.41, 5.74) is 4.50. The lowest BCUT2D eigenvalue weighted by Gasteiger charge is -2.47. The number of carbonyl (C=O) groups excluding carboxylic acids is 2. The van der Waals surface area contributed by atoms with Gasteiger partial charge < -0.3 is 14.4 Å². The molecule has 2 aliphatic heterocycles. The van der Waals surface area contributed by atoms with Gasteiger partial charge in [-0.15, -0.1) is 13.2 Å². The molecule has 5 nitrogen and oxygen atoms in total. The van der Waals surface area contributed by atoms with Gasteiger partial charge in [-0.1, -0.05) is 60.7 Å². The quantitative estimate of drug-likeness (QED) is 0.321. The largest absolute Gasteiger partial charge is 0.573 e. The minimum absolute atomic E-state index is 0.0505. The molecule has 1 aliphatic carbocycles. The first-order valence-electron chi connectivity index (χ1n) is 13.3. The third-order valence-electron chi connectivity index (χ3n) is 8.27. The average Bonchev–Trinajstić information content (AvgIpc) is 3.23. The molecular formula is C31H28F3NO4. The van der Waals surface area contributed by atoms with Crippen molar-refractivity contribution in [2.75, 3.05) is 6.61 Å². The highest BCUT2D eigenvalue weighted by Gasteiger charge is 2.45. The monoisotopic (exact) mass is 535 g/mol. The van der Waals surface area contributed by atoms with Crippen molar-refractivity contribution in [3.63, 3.8) is 0 Å². The van der Waals surface area contributed by atoms with E-state index in [2.05, 4.69) is 29.0 Å². The second-order valence-electron chi connectivity index (χ2n) is 10.5. The number of alkyl halides is 3. The molecular weight excluding hydrogens is 507 g/mol. The van der Waals surface area contributed by atoms with Crippen molar-refractivity contribution in [1.29, 1.82) is 0 Å². The Labute approximate surface area is 224 Å². The highest BCUT2D eigenvalue weighted by atomic mass is 19.4. The molecule has 2 bridgehead atoms. The number of ether oxygens (including phenoxy) is 2. The molecule has 0 aromatic heterocycles. The number of fused-ring (bicyclic) bond motifs is 5. The first kappa shape index (κ1) is 25.5. The predicted octanol–water partition coefficient (Wildman–Crippen LogP) is 7.35. The zero-order valence-electron chi connectivity index (χ0n) is 21.2. The van der Waals surface area contributed by atoms with Crippen molar-refractivity contribution in [3.05, 3.63) is 89.5 Å². The van der Waals surface area contributed by atoms with Crippen molar-refractivity contribution in [1.82, 2.24) is 4.90 Å². The Kier molecular flexibility index (Phi) is 6.57. The maximum Gasteiger partial charge on any atom is 0.573 e. The number of amides is 1. The number of halogens is 3. The fourth-order valence-corrected chi connectivity index (χ4v) is 6.67. The number of benzene rings is 3. The van der Waals surface area contributed by atoms with Crippen LogP contribution in [0.3, 0.4) is 0 Å². The molecule has 3 aromatic rings. The molecule has 2 unspecified atom stereocenters. The highest BCUT2D eigenvalue weighted by Crippen LogP contribution is 2.45. The summed E-state index contributed by atoms with van der Waals surface area (Å²) in [5, 5.41) is 0. The first-order valence-corrected chi connectivity index (χ1v) is 13.3. The lowest BCUT2D eigenvalue weighted by Crippen LogP contribution is -2.55. The van der Waals surface area contributed by atoms with Crippen LogP contribution >= 0.6 is 0 Å². The Morgan fingerprint density at radius 1 is 0.821 bits per heavy atom. The minimum atomic E-state index is -4.89. The maximum absolute atomic E-state index is 13.4. The molecule has 2 atom stereocenters. The van der Waals surface area contributed by atoms with Gasteiger partial charge in [0, 0.05) is 23.9 Å². The van der Waals surface area contributed by atoms with E-state index in [0.29, 0.717) is 12.8 Å². The van der Waals surface area contributed by atoms with E-state index in [9.17, 15) is 22.8 Å². The number of carbonyl (C=O) groups is 2. The van der Waals surface area contributed by atoms with Crippen LogP contribution in [-0.4, -0.2) is 41.8 Å². The van der Waals surface area contributed by atoms with Crippen LogP contribution in [0.15, 0.2) is 72.8 Å². The van der Waals surface area contributed by atoms with Crippen molar-refractivity contribution in [2.24, 2.45) is 5.92 Å². The molecule has 0 saturated carbocycles. The van der Waals surface area contributed by atoms with E-state index >= 15 is 0 Å². The van der Waals surface area contributed by atoms with E-state index in [1.807, 2.05) is 24.3 Å². The molecule has 2 fully saturated rings. The van der Waals surface area contributed by atoms with E-state index in [4.69, 9.17) is 4.74 Å². The third-order valence-corrected chi connectivity index (χ3v) is 8.27. The topological polar surface area (TPSA) is 55.8 Å². The van der Waals surface area contributed by atoms with Crippen LogP contribution in [-0.2, 0) is 4.74 Å². The lowest BCUT2D eigenvalue weighted by atomic mass is 9.75. The van der Waals surface area contributed by atoms with Crippen LogP contribution in [0.2, 0.25) is 0 Å². The molecule has 1 amide bonds. The SMILES string of the molecule is O=C(c1ccccc1OC(F)(F)F)C1CC2CCCC(C1)N2C(=O)OCC1c2ccccc2-c2ccccc21. The second kappa shape index (κ2) is 10.1. The number of hydrogen-bond acceptors (Lipinski definition) is 4. The number of hydrogen-bond donors (Lipinski definition) is 0. The van der Waals surface area contributed by atoms with Gasteiger partial charge in [0.05, 0.1) is 5.56 Å². The van der Waals surface area contributed by atoms with E-state index in [1.54, 1.807) is 4.90 Å². The average molecular weight is 536 g/mol. The van der Waals surface area contributed by atoms with E-state index < -0.39 is 24.1 Å². The van der Waals surface area contributed by atoms with Crippen LogP contribution in [0.5, 0.6) is 5.75 Å². The van der Waals surface area contributed by atoms with Gasteiger partial charge in [-0.25, -0.2) is 4.79 Å². The molecule has 0 spiro atoms. The number of para-hydroxylation sites is 1. The Balaban J connectivity index is 1.16. The molecule has 39 heavy (non-hydrogen) atoms. The molecule has 202 valence electrons. The molecule has 2 heterocycles. The summed E-state index contributed by atoms with van der Waals surface area (Å²) in [7, 11) is 0. The third kappa shape index (κ3) is 4.88. The van der Waals surface area contributed by atoms with E-state index in [0.717, 1.165) is 47.6 Å². The fraction of sp³-hybridized carbons (Fsp3) is 0.355. The molecule has 2 saturated heterocycles. The second-order valence-corrected chi connectivity index (χ2v) is 10.5. The Bertz CT molecular complexity index is 1340. The van der Waals surface area contributed by atoms with Gasteiger partial charge in [0.2, 0.25) is 0 Å². The van der Waals surface area contributed by atoms with Crippen LogP contribution < -0.4 is 4.74 Å². The lowest BCUT2D eigenvalue weighted by molar-refractivity contribution is -0.274. The van der Waals surface area contributed by atoms with Gasteiger partial charge in [-0.3, -0.25) is 4.79 Å². The van der Waals surface area contributed by atoms with Crippen molar-refractivity contribution < 1.29 is 32.2 Å². The van der Waals surface area contributed by atoms with Gasteiger partial charge in [-0.05, 0) is 66.5 Å². The van der Waals surface area contributed by atoms with Crippen LogP contribution in [0.1, 0.15) is 59.5 Å². The van der Waals surface area contributed by atoms with E-state index in [1.165, 1.54) is 18.2 Å². The Morgan fingerprint density at radius 2 is 1.38 bits per heavy atom. The summed E-state index contributed by atoms with van der Waals surface area (Å²) >= 11 is 0. The zero-order valence-corrected chi connectivity index (χ0v) is 21.2. The van der Waals surface area contributed by atoms with Gasteiger partial charge in [0.15, 0.2) is 5.78 Å². The van der Waals surface area contributed by atoms with Gasteiger partial charge in [-0.2, -0.15) is 0 Å². The Hall–Kier alpha value is -3.81. The van der Waals surface area contributed by atoms with E-state index in [-0.39, 0.29) is 36.0 Å². The minimum Gasteiger partial charge on any atom is -0.448 e. The standard InChI is InChI=1S/C31H28F3NO4/c32-31(33,34)39-28-15-6-5-14-26(28)29(36)19-16-20-8-7-9-21(17-19)35(20)30(37)38-18-27-24-12-3-1-10-22(24)23-11-2-4-13-25(23)27/h1-6,10-15,19-21,27H,7-9,16-18H2. The number of piperidine rings is 2. The van der Waals surface area contributed by atoms with Gasteiger partial charge in [0.25, 0.3) is 0 Å². The van der Waals surface area contributed by atoms with Crippen LogP contribution in [0.25, 0.3) is 11.1 Å². The zero-order chi connectivity index (χ0) is 27.1. The maximum atomic E-state index is 13.4. The number of rotatable bonds is 5. The number of Topliss-reactive ketones (excluding diaryl/α,β-unsaturated/α-hetero) is 1. The molecule has 6 rings (SSSR count). The number of ketones is 1. The fourth-order valence-electron chi connectivity index (χ4n) is 6.67. The van der Waals surface area contributed by atoms with Crippen molar-refractivity contribution in [3.8, 4) is 16.9 Å². The van der Waals surface area contributed by atoms with Gasteiger partial charge >= 0.3 is 12.5 Å². The molecule has 3 aromatic carbocycles. The molecule has 0 radical (unpaired) electrons. The number of nitrogens with zero attached hydrogens (tertiary/aromatic N) is 1. The summed E-state index contributed by atoms with van der Waals surface area (Å²) in [5.74, 6) is -1.40. The smallest absolute Gasteiger partial charge is 0.448 e. The summed E-state index contributed by atoms with van der Waals surface area (Å²) in [6, 6.07) is 21.4. The summed E-state index contributed by atoms with van der Waals surface area (Å²) in [4.78, 5) is 28.6. The highest BCUT2D eigenvalue weighted by molar-refractivity contribution is 6.00. The first-order chi connectivity index (χ1) is 18.8.